The van der Waals surface area contributed by atoms with E-state index >= 15 is 0 Å². The molecule has 0 aromatic heterocycles. The first-order valence-electron chi connectivity index (χ1n) is 10.2. The van der Waals surface area contributed by atoms with Crippen molar-refractivity contribution in [2.45, 2.75) is 38.9 Å². The lowest BCUT2D eigenvalue weighted by Crippen LogP contribution is -2.47. The molecule has 0 aliphatic heterocycles. The summed E-state index contributed by atoms with van der Waals surface area (Å²) in [5, 5.41) is 0. The van der Waals surface area contributed by atoms with Crippen molar-refractivity contribution < 1.29 is 9.47 Å². The van der Waals surface area contributed by atoms with Crippen LogP contribution in [0, 0.1) is 17.3 Å². The Bertz CT molecular complexity index is 739. The van der Waals surface area contributed by atoms with E-state index in [4.69, 9.17) is 9.47 Å². The van der Waals surface area contributed by atoms with Crippen LogP contribution >= 0.6 is 0 Å². The zero-order valence-corrected chi connectivity index (χ0v) is 16.1. The van der Waals surface area contributed by atoms with Crippen LogP contribution in [0.15, 0.2) is 72.8 Å². The lowest BCUT2D eigenvalue weighted by molar-refractivity contribution is -0.0845. The average Bonchev–Trinajstić information content (AvgIpc) is 2.71. The van der Waals surface area contributed by atoms with E-state index in [1.54, 1.807) is 0 Å². The summed E-state index contributed by atoms with van der Waals surface area (Å²) >= 11 is 0. The molecular weight excluding hydrogens is 332 g/mol. The van der Waals surface area contributed by atoms with Crippen molar-refractivity contribution in [2.24, 2.45) is 17.3 Å². The number of rotatable bonds is 8. The van der Waals surface area contributed by atoms with Gasteiger partial charge in [-0.15, -0.1) is 0 Å². The van der Waals surface area contributed by atoms with Crippen molar-refractivity contribution in [1.29, 1.82) is 0 Å². The van der Waals surface area contributed by atoms with Gasteiger partial charge in [0.15, 0.2) is 0 Å². The molecule has 5 rings (SSSR count). The highest BCUT2D eigenvalue weighted by atomic mass is 16.5. The highest BCUT2D eigenvalue weighted by Gasteiger charge is 2.49. The number of ether oxygens (including phenoxy) is 2. The van der Waals surface area contributed by atoms with Crippen LogP contribution in [0.25, 0.3) is 0 Å². The first-order valence-corrected chi connectivity index (χ1v) is 10.2. The number of allylic oxidation sites excluding steroid dienone is 1. The van der Waals surface area contributed by atoms with E-state index in [0.29, 0.717) is 25.0 Å². The second-order valence-electron chi connectivity index (χ2n) is 8.34. The summed E-state index contributed by atoms with van der Waals surface area (Å²) in [5.74, 6) is 1.26. The maximum Gasteiger partial charge on any atom is 0.0717 e. The van der Waals surface area contributed by atoms with Crippen LogP contribution in [0.1, 0.15) is 36.8 Å². The van der Waals surface area contributed by atoms with E-state index in [1.165, 1.54) is 36.0 Å². The molecule has 2 bridgehead atoms. The standard InChI is InChI=1S/C25H30O2/c1-20-15-25(19-27-17-22-10-6-3-7-11-22)13-12-23(20)14-24(25)18-26-16-21-8-4-2-5-9-21/h2-11,23-24H,1,12-19H2/t23-,24+,25+/m1/s1. The van der Waals surface area contributed by atoms with E-state index in [-0.39, 0.29) is 5.41 Å². The van der Waals surface area contributed by atoms with Crippen LogP contribution < -0.4 is 0 Å². The van der Waals surface area contributed by atoms with Crippen molar-refractivity contribution in [3.05, 3.63) is 83.9 Å². The Morgan fingerprint density at radius 3 is 2.15 bits per heavy atom. The predicted octanol–water partition coefficient (Wildman–Crippen LogP) is 5.78. The van der Waals surface area contributed by atoms with Crippen LogP contribution in [-0.4, -0.2) is 13.2 Å². The Balaban J connectivity index is 1.36. The summed E-state index contributed by atoms with van der Waals surface area (Å²) < 4.78 is 12.4. The molecule has 142 valence electrons. The second-order valence-corrected chi connectivity index (χ2v) is 8.34. The third kappa shape index (κ3) is 4.34. The zero-order valence-electron chi connectivity index (χ0n) is 16.1. The van der Waals surface area contributed by atoms with Crippen LogP contribution in [0.5, 0.6) is 0 Å². The number of hydrogen-bond acceptors (Lipinski definition) is 2. The molecule has 3 aliphatic rings. The van der Waals surface area contributed by atoms with Gasteiger partial charge in [-0.3, -0.25) is 0 Å². The molecule has 27 heavy (non-hydrogen) atoms. The van der Waals surface area contributed by atoms with E-state index in [2.05, 4.69) is 61.2 Å². The SMILES string of the molecule is C=C1C[C@]2(COCc3ccccc3)CC[C@@H]1C[C@H]2COCc1ccccc1. The van der Waals surface area contributed by atoms with Crippen LogP contribution in [-0.2, 0) is 22.7 Å². The second kappa shape index (κ2) is 8.41. The van der Waals surface area contributed by atoms with Gasteiger partial charge >= 0.3 is 0 Å². The van der Waals surface area contributed by atoms with Gasteiger partial charge in [0.05, 0.1) is 26.4 Å². The van der Waals surface area contributed by atoms with Gasteiger partial charge in [0.25, 0.3) is 0 Å². The van der Waals surface area contributed by atoms with Gasteiger partial charge in [0, 0.05) is 5.41 Å². The van der Waals surface area contributed by atoms with Gasteiger partial charge in [-0.25, -0.2) is 0 Å². The van der Waals surface area contributed by atoms with Crippen molar-refractivity contribution >= 4 is 0 Å². The largest absolute Gasteiger partial charge is 0.376 e. The van der Waals surface area contributed by atoms with Crippen molar-refractivity contribution in [2.75, 3.05) is 13.2 Å². The lowest BCUT2D eigenvalue weighted by atomic mass is 9.54. The van der Waals surface area contributed by atoms with Gasteiger partial charge in [0.2, 0.25) is 0 Å². The molecule has 2 heteroatoms. The van der Waals surface area contributed by atoms with E-state index in [1.807, 2.05) is 6.07 Å². The lowest BCUT2D eigenvalue weighted by Gasteiger charge is -2.53. The molecule has 3 aliphatic carbocycles. The van der Waals surface area contributed by atoms with Gasteiger partial charge in [0.1, 0.15) is 0 Å². The van der Waals surface area contributed by atoms with E-state index in [9.17, 15) is 0 Å². The van der Waals surface area contributed by atoms with Gasteiger partial charge < -0.3 is 9.47 Å². The molecule has 0 saturated heterocycles. The summed E-state index contributed by atoms with van der Waals surface area (Å²) in [5.41, 5.74) is 4.13. The maximum absolute atomic E-state index is 6.22. The molecular formula is C25H30O2. The molecule has 0 amide bonds. The first-order chi connectivity index (χ1) is 13.3. The highest BCUT2D eigenvalue weighted by Crippen LogP contribution is 2.56. The summed E-state index contributed by atoms with van der Waals surface area (Å²) in [4.78, 5) is 0. The molecule has 0 spiro atoms. The molecule has 0 radical (unpaired) electrons. The number of benzene rings is 2. The van der Waals surface area contributed by atoms with Crippen molar-refractivity contribution in [3.8, 4) is 0 Å². The Labute approximate surface area is 163 Å². The Hall–Kier alpha value is -1.90. The minimum absolute atomic E-state index is 0.206. The zero-order chi connectivity index (χ0) is 18.5. The molecule has 0 unspecified atom stereocenters. The van der Waals surface area contributed by atoms with Gasteiger partial charge in [-0.05, 0) is 48.6 Å². The normalized spacial score (nSPS) is 27.0. The fourth-order valence-electron chi connectivity index (χ4n) is 4.90. The monoisotopic (exact) mass is 362 g/mol. The summed E-state index contributed by atoms with van der Waals surface area (Å²) in [6.07, 6.45) is 4.82. The molecule has 2 nitrogen and oxygen atoms in total. The minimum Gasteiger partial charge on any atom is -0.376 e. The molecule has 3 fully saturated rings. The first kappa shape index (κ1) is 18.5. The molecule has 3 saturated carbocycles. The van der Waals surface area contributed by atoms with Gasteiger partial charge in [-0.2, -0.15) is 0 Å². The van der Waals surface area contributed by atoms with Gasteiger partial charge in [-0.1, -0.05) is 72.8 Å². The topological polar surface area (TPSA) is 18.5 Å². The third-order valence-corrected chi connectivity index (χ3v) is 6.51. The highest BCUT2D eigenvalue weighted by molar-refractivity contribution is 5.17. The van der Waals surface area contributed by atoms with Crippen LogP contribution in [0.3, 0.4) is 0 Å². The number of fused-ring (bicyclic) bond motifs is 3. The third-order valence-electron chi connectivity index (χ3n) is 6.51. The number of hydrogen-bond donors (Lipinski definition) is 0. The molecule has 0 heterocycles. The van der Waals surface area contributed by atoms with E-state index < -0.39 is 0 Å². The summed E-state index contributed by atoms with van der Waals surface area (Å²) in [7, 11) is 0. The summed E-state index contributed by atoms with van der Waals surface area (Å²) in [6.45, 7) is 7.40. The predicted molar refractivity (Wildman–Crippen MR) is 109 cm³/mol. The quantitative estimate of drug-likeness (QED) is 0.554. The molecule has 2 aromatic carbocycles. The Morgan fingerprint density at radius 2 is 1.52 bits per heavy atom. The molecule has 0 N–H and O–H groups in total. The molecule has 2 aromatic rings. The van der Waals surface area contributed by atoms with Crippen molar-refractivity contribution in [3.63, 3.8) is 0 Å². The van der Waals surface area contributed by atoms with E-state index in [0.717, 1.165) is 19.6 Å². The van der Waals surface area contributed by atoms with Crippen LogP contribution in [0.4, 0.5) is 0 Å². The Morgan fingerprint density at radius 1 is 0.889 bits per heavy atom. The molecule has 3 atom stereocenters. The Kier molecular flexibility index (Phi) is 5.75. The maximum atomic E-state index is 6.22. The van der Waals surface area contributed by atoms with Crippen molar-refractivity contribution in [1.82, 2.24) is 0 Å². The smallest absolute Gasteiger partial charge is 0.0717 e. The minimum atomic E-state index is 0.206. The average molecular weight is 363 g/mol. The summed E-state index contributed by atoms with van der Waals surface area (Å²) in [6, 6.07) is 20.9. The van der Waals surface area contributed by atoms with Crippen LogP contribution in [0.2, 0.25) is 0 Å². The fraction of sp³-hybridized carbons (Fsp3) is 0.440. The fourth-order valence-corrected chi connectivity index (χ4v) is 4.90.